The van der Waals surface area contributed by atoms with Gasteiger partial charge in [0.15, 0.2) is 0 Å². The van der Waals surface area contributed by atoms with Gasteiger partial charge in [0, 0.05) is 11.7 Å². The number of hydrogen-bond donors (Lipinski definition) is 1. The maximum atomic E-state index is 3.83. The molecule has 112 valence electrons. The summed E-state index contributed by atoms with van der Waals surface area (Å²) in [7, 11) is 0. The molecule has 1 heteroatoms. The highest BCUT2D eigenvalue weighted by Crippen LogP contribution is 2.30. The van der Waals surface area contributed by atoms with Gasteiger partial charge in [0.05, 0.1) is 0 Å². The van der Waals surface area contributed by atoms with E-state index in [1.807, 2.05) is 0 Å². The van der Waals surface area contributed by atoms with Crippen molar-refractivity contribution in [1.29, 1.82) is 0 Å². The van der Waals surface area contributed by atoms with Gasteiger partial charge in [-0.05, 0) is 49.1 Å². The summed E-state index contributed by atoms with van der Waals surface area (Å²) in [4.78, 5) is 0. The van der Waals surface area contributed by atoms with Crippen molar-refractivity contribution in [2.24, 2.45) is 11.8 Å². The first-order valence-electron chi connectivity index (χ1n) is 8.55. The van der Waals surface area contributed by atoms with Gasteiger partial charge in [-0.25, -0.2) is 0 Å². The molecule has 1 N–H and O–H groups in total. The number of anilines is 1. The summed E-state index contributed by atoms with van der Waals surface area (Å²) in [5.41, 5.74) is 2.86. The van der Waals surface area contributed by atoms with E-state index in [0.717, 1.165) is 11.8 Å². The van der Waals surface area contributed by atoms with Crippen molar-refractivity contribution >= 4 is 5.69 Å². The minimum Gasteiger partial charge on any atom is -0.382 e. The highest BCUT2D eigenvalue weighted by molar-refractivity contribution is 5.51. The van der Waals surface area contributed by atoms with Crippen LogP contribution < -0.4 is 5.32 Å². The summed E-state index contributed by atoms with van der Waals surface area (Å²) in [5, 5.41) is 3.83. The average molecular weight is 273 g/mol. The van der Waals surface area contributed by atoms with Crippen molar-refractivity contribution in [3.63, 3.8) is 0 Å². The Bertz CT molecular complexity index is 397. The highest BCUT2D eigenvalue weighted by atomic mass is 14.9. The molecule has 0 saturated heterocycles. The van der Waals surface area contributed by atoms with Crippen LogP contribution in [0.1, 0.15) is 64.9 Å². The monoisotopic (exact) mass is 273 g/mol. The van der Waals surface area contributed by atoms with E-state index in [1.165, 1.54) is 56.2 Å². The molecule has 1 saturated carbocycles. The molecule has 0 bridgehead atoms. The Labute approximate surface area is 125 Å². The van der Waals surface area contributed by atoms with Crippen LogP contribution in [-0.4, -0.2) is 6.04 Å². The molecule has 1 aromatic rings. The molecule has 1 fully saturated rings. The first-order valence-corrected chi connectivity index (χ1v) is 8.55. The Morgan fingerprint density at radius 3 is 2.65 bits per heavy atom. The zero-order chi connectivity index (χ0) is 14.4. The molecule has 2 atom stereocenters. The molecule has 20 heavy (non-hydrogen) atoms. The van der Waals surface area contributed by atoms with Crippen molar-refractivity contribution < 1.29 is 0 Å². The molecule has 1 aromatic carbocycles. The number of nitrogens with one attached hydrogen (secondary N) is 1. The van der Waals surface area contributed by atoms with Crippen molar-refractivity contribution in [2.75, 3.05) is 5.32 Å². The number of rotatable bonds is 5. The lowest BCUT2D eigenvalue weighted by molar-refractivity contribution is 0.341. The Kier molecular flexibility index (Phi) is 5.94. The van der Waals surface area contributed by atoms with Crippen molar-refractivity contribution in [2.45, 2.75) is 71.8 Å². The molecule has 1 aliphatic rings. The fourth-order valence-electron chi connectivity index (χ4n) is 3.51. The molecule has 1 nitrogen and oxygen atoms in total. The topological polar surface area (TPSA) is 12.0 Å². The van der Waals surface area contributed by atoms with Crippen molar-refractivity contribution in [3.05, 3.63) is 29.8 Å². The summed E-state index contributed by atoms with van der Waals surface area (Å²) in [6.07, 6.45) is 9.28. The lowest BCUT2D eigenvalue weighted by Gasteiger charge is -2.21. The van der Waals surface area contributed by atoms with Gasteiger partial charge in [0.2, 0.25) is 0 Å². The summed E-state index contributed by atoms with van der Waals surface area (Å²) in [5.74, 6) is 1.79. The smallest absolute Gasteiger partial charge is 0.0374 e. The molecule has 1 aliphatic carbocycles. The third-order valence-electron chi connectivity index (χ3n) is 4.85. The van der Waals surface area contributed by atoms with E-state index < -0.39 is 0 Å². The molecule has 0 amide bonds. The first-order chi connectivity index (χ1) is 9.70. The van der Waals surface area contributed by atoms with Crippen LogP contribution in [0.2, 0.25) is 0 Å². The standard InChI is InChI=1S/C19H31N/c1-4-8-17-9-5-6-12-19(17)20-18-11-7-10-16(13-14-18)15(2)3/h5-6,9,12,15-16,18,20H,4,7-8,10-11,13-14H2,1-3H3. The predicted molar refractivity (Wildman–Crippen MR) is 89.3 cm³/mol. The van der Waals surface area contributed by atoms with Gasteiger partial charge in [-0.1, -0.05) is 58.2 Å². The summed E-state index contributed by atoms with van der Waals surface area (Å²) >= 11 is 0. The number of aryl methyl sites for hydroxylation is 1. The second kappa shape index (κ2) is 7.71. The molecule has 0 aliphatic heterocycles. The van der Waals surface area contributed by atoms with Crippen molar-refractivity contribution in [1.82, 2.24) is 0 Å². The van der Waals surface area contributed by atoms with E-state index in [1.54, 1.807) is 0 Å². The number of benzene rings is 1. The van der Waals surface area contributed by atoms with Crippen LogP contribution in [0.5, 0.6) is 0 Å². The fraction of sp³-hybridized carbons (Fsp3) is 0.684. The first kappa shape index (κ1) is 15.4. The molecule has 0 aromatic heterocycles. The van der Waals surface area contributed by atoms with E-state index >= 15 is 0 Å². The largest absolute Gasteiger partial charge is 0.382 e. The molecule has 0 spiro atoms. The second-order valence-corrected chi connectivity index (χ2v) is 6.76. The van der Waals surface area contributed by atoms with Gasteiger partial charge in [0.25, 0.3) is 0 Å². The third kappa shape index (κ3) is 4.26. The third-order valence-corrected chi connectivity index (χ3v) is 4.85. The number of hydrogen-bond acceptors (Lipinski definition) is 1. The fourth-order valence-corrected chi connectivity index (χ4v) is 3.51. The predicted octanol–water partition coefficient (Wildman–Crippen LogP) is 5.66. The van der Waals surface area contributed by atoms with E-state index in [-0.39, 0.29) is 0 Å². The van der Waals surface area contributed by atoms with Crippen molar-refractivity contribution in [3.8, 4) is 0 Å². The quantitative estimate of drug-likeness (QED) is 0.683. The van der Waals surface area contributed by atoms with Crippen LogP contribution in [0.25, 0.3) is 0 Å². The number of para-hydroxylation sites is 1. The maximum absolute atomic E-state index is 3.83. The molecular weight excluding hydrogens is 242 g/mol. The van der Waals surface area contributed by atoms with Gasteiger partial charge in [-0.15, -0.1) is 0 Å². The van der Waals surface area contributed by atoms with Gasteiger partial charge in [0.1, 0.15) is 0 Å². The Morgan fingerprint density at radius 2 is 1.90 bits per heavy atom. The van der Waals surface area contributed by atoms with Gasteiger partial charge >= 0.3 is 0 Å². The average Bonchev–Trinajstić information content (AvgIpc) is 2.67. The van der Waals surface area contributed by atoms with Gasteiger partial charge in [-0.2, -0.15) is 0 Å². The van der Waals surface area contributed by atoms with E-state index in [9.17, 15) is 0 Å². The lowest BCUT2D eigenvalue weighted by atomic mass is 9.89. The summed E-state index contributed by atoms with van der Waals surface area (Å²) in [6, 6.07) is 9.54. The van der Waals surface area contributed by atoms with Crippen LogP contribution in [0.15, 0.2) is 24.3 Å². The molecule has 2 rings (SSSR count). The Balaban J connectivity index is 1.96. The van der Waals surface area contributed by atoms with Gasteiger partial charge in [-0.3, -0.25) is 0 Å². The normalized spacial score (nSPS) is 23.6. The zero-order valence-corrected chi connectivity index (χ0v) is 13.5. The van der Waals surface area contributed by atoms with Crippen LogP contribution in [-0.2, 0) is 6.42 Å². The van der Waals surface area contributed by atoms with Crippen LogP contribution >= 0.6 is 0 Å². The summed E-state index contributed by atoms with van der Waals surface area (Å²) < 4.78 is 0. The maximum Gasteiger partial charge on any atom is 0.0374 e. The molecule has 0 heterocycles. The zero-order valence-electron chi connectivity index (χ0n) is 13.5. The lowest BCUT2D eigenvalue weighted by Crippen LogP contribution is -2.19. The molecule has 2 unspecified atom stereocenters. The van der Waals surface area contributed by atoms with E-state index in [4.69, 9.17) is 0 Å². The highest BCUT2D eigenvalue weighted by Gasteiger charge is 2.21. The van der Waals surface area contributed by atoms with Crippen LogP contribution in [0.4, 0.5) is 5.69 Å². The minimum atomic E-state index is 0.678. The molecular formula is C19H31N. The summed E-state index contributed by atoms with van der Waals surface area (Å²) in [6.45, 7) is 7.03. The van der Waals surface area contributed by atoms with E-state index in [2.05, 4.69) is 50.4 Å². The van der Waals surface area contributed by atoms with E-state index in [0.29, 0.717) is 6.04 Å². The Morgan fingerprint density at radius 1 is 1.10 bits per heavy atom. The van der Waals surface area contributed by atoms with Crippen LogP contribution in [0, 0.1) is 11.8 Å². The SMILES string of the molecule is CCCc1ccccc1NC1CCCC(C(C)C)CC1. The minimum absolute atomic E-state index is 0.678. The second-order valence-electron chi connectivity index (χ2n) is 6.76. The van der Waals surface area contributed by atoms with Crippen LogP contribution in [0.3, 0.4) is 0 Å². The molecule has 0 radical (unpaired) electrons. The Hall–Kier alpha value is -0.980. The van der Waals surface area contributed by atoms with Gasteiger partial charge < -0.3 is 5.32 Å².